The van der Waals surface area contributed by atoms with Gasteiger partial charge < -0.3 is 0 Å². The van der Waals surface area contributed by atoms with Gasteiger partial charge in [-0.2, -0.15) is 0 Å². The van der Waals surface area contributed by atoms with E-state index in [0.29, 0.717) is 0 Å². The molecule has 0 amide bonds. The van der Waals surface area contributed by atoms with Crippen LogP contribution < -0.4 is 0 Å². The molecule has 4 heteroatoms. The molecular formula is C11H7BrClIS. The van der Waals surface area contributed by atoms with Gasteiger partial charge in [-0.1, -0.05) is 11.6 Å². The van der Waals surface area contributed by atoms with Crippen LogP contribution in [0.2, 0.25) is 5.02 Å². The van der Waals surface area contributed by atoms with Crippen LogP contribution in [0.5, 0.6) is 0 Å². The second kappa shape index (κ2) is 5.17. The number of halogens is 3. The predicted octanol–water partition coefficient (Wildman–Crippen LogP) is 5.36. The lowest BCUT2D eigenvalue weighted by atomic mass is 10.1. The fraction of sp³-hybridized carbons (Fsp3) is 0.0909. The largest absolute Gasteiger partial charge is 0.137 e. The van der Waals surface area contributed by atoms with E-state index in [9.17, 15) is 0 Å². The molecule has 1 heterocycles. The topological polar surface area (TPSA) is 0 Å². The zero-order valence-electron chi connectivity index (χ0n) is 7.64. The van der Waals surface area contributed by atoms with Crippen LogP contribution in [0.15, 0.2) is 33.4 Å². The Hall–Kier alpha value is 0.420. The number of benzene rings is 1. The maximum atomic E-state index is 5.98. The fourth-order valence-electron chi connectivity index (χ4n) is 1.34. The Morgan fingerprint density at radius 1 is 1.33 bits per heavy atom. The summed E-state index contributed by atoms with van der Waals surface area (Å²) in [5, 5.41) is 2.97. The van der Waals surface area contributed by atoms with Crippen LogP contribution in [-0.2, 0) is 6.42 Å². The Bertz CT molecular complexity index is 481. The lowest BCUT2D eigenvalue weighted by molar-refractivity contribution is 1.19. The van der Waals surface area contributed by atoms with Crippen molar-refractivity contribution in [3.05, 3.63) is 53.2 Å². The molecule has 2 aromatic rings. The first-order chi connectivity index (χ1) is 7.15. The summed E-state index contributed by atoms with van der Waals surface area (Å²) in [7, 11) is 0. The number of rotatable bonds is 2. The summed E-state index contributed by atoms with van der Waals surface area (Å²) in [6.07, 6.45) is 0.945. The van der Waals surface area contributed by atoms with E-state index < -0.39 is 0 Å². The van der Waals surface area contributed by atoms with Crippen LogP contribution in [0.1, 0.15) is 11.1 Å². The number of hydrogen-bond acceptors (Lipinski definition) is 1. The first-order valence-corrected chi connectivity index (χ1v) is 7.45. The Labute approximate surface area is 120 Å². The summed E-state index contributed by atoms with van der Waals surface area (Å²) >= 11 is 13.5. The van der Waals surface area contributed by atoms with Crippen LogP contribution >= 0.6 is 61.5 Å². The Morgan fingerprint density at radius 2 is 2.13 bits per heavy atom. The predicted molar refractivity (Wildman–Crippen MR) is 79.0 cm³/mol. The van der Waals surface area contributed by atoms with Crippen LogP contribution in [0.25, 0.3) is 0 Å². The van der Waals surface area contributed by atoms with E-state index in [0.717, 1.165) is 11.4 Å². The summed E-state index contributed by atoms with van der Waals surface area (Å²) in [5.74, 6) is 0. The molecule has 78 valence electrons. The minimum Gasteiger partial charge on any atom is -0.137 e. The molecule has 0 unspecified atom stereocenters. The number of hydrogen-bond donors (Lipinski definition) is 0. The van der Waals surface area contributed by atoms with Gasteiger partial charge in [0.2, 0.25) is 0 Å². The van der Waals surface area contributed by atoms with Gasteiger partial charge in [0.05, 0.1) is 3.79 Å². The zero-order chi connectivity index (χ0) is 10.8. The fourth-order valence-corrected chi connectivity index (χ4v) is 3.27. The third-order valence-corrected chi connectivity index (χ3v) is 4.86. The van der Waals surface area contributed by atoms with Crippen molar-refractivity contribution < 1.29 is 0 Å². The quantitative estimate of drug-likeness (QED) is 0.582. The first-order valence-electron chi connectivity index (χ1n) is 4.32. The monoisotopic (exact) mass is 412 g/mol. The average molecular weight is 414 g/mol. The van der Waals surface area contributed by atoms with Crippen molar-refractivity contribution >= 4 is 61.5 Å². The summed E-state index contributed by atoms with van der Waals surface area (Å²) in [6.45, 7) is 0. The van der Waals surface area contributed by atoms with Gasteiger partial charge in [-0.05, 0) is 85.7 Å². The molecule has 0 N–H and O–H groups in total. The Kier molecular flexibility index (Phi) is 4.10. The van der Waals surface area contributed by atoms with Crippen molar-refractivity contribution in [2.45, 2.75) is 6.42 Å². The van der Waals surface area contributed by atoms with Gasteiger partial charge >= 0.3 is 0 Å². The second-order valence-electron chi connectivity index (χ2n) is 3.17. The molecule has 0 fully saturated rings. The summed E-state index contributed by atoms with van der Waals surface area (Å²) in [5.41, 5.74) is 2.61. The highest BCUT2D eigenvalue weighted by molar-refractivity contribution is 14.1. The molecule has 0 aliphatic rings. The highest BCUT2D eigenvalue weighted by atomic mass is 127. The van der Waals surface area contributed by atoms with Crippen LogP contribution in [0.4, 0.5) is 0 Å². The third-order valence-electron chi connectivity index (χ3n) is 2.02. The van der Waals surface area contributed by atoms with Gasteiger partial charge in [-0.15, -0.1) is 11.3 Å². The third kappa shape index (κ3) is 3.19. The lowest BCUT2D eigenvalue weighted by Crippen LogP contribution is -1.89. The maximum Gasteiger partial charge on any atom is 0.0701 e. The molecule has 0 aliphatic heterocycles. The molecule has 0 saturated heterocycles. The first kappa shape index (κ1) is 11.9. The molecular weight excluding hydrogens is 406 g/mol. The molecule has 0 radical (unpaired) electrons. The van der Waals surface area contributed by atoms with Gasteiger partial charge in [0, 0.05) is 8.59 Å². The van der Waals surface area contributed by atoms with Gasteiger partial charge in [0.25, 0.3) is 0 Å². The van der Waals surface area contributed by atoms with Crippen molar-refractivity contribution in [2.75, 3.05) is 0 Å². The van der Waals surface area contributed by atoms with Crippen molar-refractivity contribution in [1.29, 1.82) is 0 Å². The maximum absolute atomic E-state index is 5.98. The Balaban J connectivity index is 2.27. The van der Waals surface area contributed by atoms with E-state index in [1.54, 1.807) is 11.3 Å². The summed E-state index contributed by atoms with van der Waals surface area (Å²) < 4.78 is 2.44. The van der Waals surface area contributed by atoms with Crippen molar-refractivity contribution in [3.63, 3.8) is 0 Å². The highest BCUT2D eigenvalue weighted by Crippen LogP contribution is 2.25. The Morgan fingerprint density at radius 3 is 2.80 bits per heavy atom. The van der Waals surface area contributed by atoms with Crippen LogP contribution in [0.3, 0.4) is 0 Å². The normalized spacial score (nSPS) is 10.6. The molecule has 0 nitrogen and oxygen atoms in total. The molecule has 15 heavy (non-hydrogen) atoms. The molecule has 1 aromatic heterocycles. The van der Waals surface area contributed by atoms with E-state index in [4.69, 9.17) is 11.6 Å². The van der Waals surface area contributed by atoms with Gasteiger partial charge in [-0.25, -0.2) is 0 Å². The van der Waals surface area contributed by atoms with E-state index in [1.807, 2.05) is 12.1 Å². The molecule has 0 saturated carbocycles. The standard InChI is InChI=1S/C11H7BrClIS/c12-11-4-7(6-15-11)3-8-5-9(13)1-2-10(8)14/h1-2,4-6H,3H2. The molecule has 0 spiro atoms. The van der Waals surface area contributed by atoms with E-state index in [1.165, 1.54) is 18.5 Å². The lowest BCUT2D eigenvalue weighted by Gasteiger charge is -2.03. The smallest absolute Gasteiger partial charge is 0.0701 e. The van der Waals surface area contributed by atoms with Crippen molar-refractivity contribution in [2.24, 2.45) is 0 Å². The zero-order valence-corrected chi connectivity index (χ0v) is 13.0. The van der Waals surface area contributed by atoms with Gasteiger partial charge in [0.15, 0.2) is 0 Å². The van der Waals surface area contributed by atoms with E-state index >= 15 is 0 Å². The summed E-state index contributed by atoms with van der Waals surface area (Å²) in [4.78, 5) is 0. The van der Waals surface area contributed by atoms with Crippen LogP contribution in [-0.4, -0.2) is 0 Å². The van der Waals surface area contributed by atoms with Crippen LogP contribution in [0, 0.1) is 3.57 Å². The molecule has 0 aliphatic carbocycles. The summed E-state index contributed by atoms with van der Waals surface area (Å²) in [6, 6.07) is 8.17. The van der Waals surface area contributed by atoms with E-state index in [2.05, 4.69) is 56.0 Å². The van der Waals surface area contributed by atoms with Crippen molar-refractivity contribution in [3.8, 4) is 0 Å². The second-order valence-corrected chi connectivity index (χ2v) is 7.06. The van der Waals surface area contributed by atoms with Gasteiger partial charge in [-0.3, -0.25) is 0 Å². The molecule has 0 atom stereocenters. The molecule has 0 bridgehead atoms. The minimum atomic E-state index is 0.805. The molecule has 1 aromatic carbocycles. The van der Waals surface area contributed by atoms with E-state index in [-0.39, 0.29) is 0 Å². The highest BCUT2D eigenvalue weighted by Gasteiger charge is 2.04. The molecule has 2 rings (SSSR count). The average Bonchev–Trinajstić information content (AvgIpc) is 2.58. The minimum absolute atomic E-state index is 0.805. The SMILES string of the molecule is Clc1ccc(I)c(Cc2csc(Br)c2)c1. The van der Waals surface area contributed by atoms with Crippen molar-refractivity contribution in [1.82, 2.24) is 0 Å². The number of thiophene rings is 1. The van der Waals surface area contributed by atoms with Gasteiger partial charge in [0.1, 0.15) is 0 Å².